The van der Waals surface area contributed by atoms with Crippen LogP contribution in [0.2, 0.25) is 0 Å². The Balaban J connectivity index is 0.00000225. The number of hydrogen-bond donors (Lipinski definition) is 2. The van der Waals surface area contributed by atoms with Crippen molar-refractivity contribution in [3.63, 3.8) is 0 Å². The maximum Gasteiger partial charge on any atom is 0.251 e. The molecule has 1 aliphatic heterocycles. The molecule has 5 nitrogen and oxygen atoms in total. The van der Waals surface area contributed by atoms with Gasteiger partial charge in [-0.1, -0.05) is 18.2 Å². The van der Waals surface area contributed by atoms with Crippen LogP contribution in [-0.2, 0) is 22.9 Å². The van der Waals surface area contributed by atoms with Crippen molar-refractivity contribution in [2.45, 2.75) is 31.0 Å². The molecule has 3 rings (SSSR count). The molecule has 1 unspecified atom stereocenters. The number of fused-ring (bicyclic) bond motifs is 1. The first-order valence-electron chi connectivity index (χ1n) is 7.78. The monoisotopic (exact) mass is 380 g/mol. The van der Waals surface area contributed by atoms with Crippen molar-refractivity contribution in [2.75, 3.05) is 6.26 Å². The van der Waals surface area contributed by atoms with Crippen LogP contribution in [0, 0.1) is 0 Å². The van der Waals surface area contributed by atoms with Gasteiger partial charge in [-0.3, -0.25) is 4.79 Å². The molecule has 0 fully saturated rings. The average Bonchev–Trinajstić information content (AvgIpc) is 3.01. The highest BCUT2D eigenvalue weighted by Crippen LogP contribution is 2.19. The summed E-state index contributed by atoms with van der Waals surface area (Å²) in [5, 5.41) is 6.21. The molecule has 2 N–H and O–H groups in total. The number of carbonyl (C=O) groups is 1. The number of benzene rings is 2. The van der Waals surface area contributed by atoms with Crippen molar-refractivity contribution < 1.29 is 13.2 Å². The van der Waals surface area contributed by atoms with Gasteiger partial charge in [0.1, 0.15) is 0 Å². The Morgan fingerprint density at radius 3 is 2.36 bits per heavy atom. The molecule has 0 spiro atoms. The zero-order valence-corrected chi connectivity index (χ0v) is 15.7. The van der Waals surface area contributed by atoms with Crippen molar-refractivity contribution >= 4 is 28.2 Å². The molecule has 0 saturated carbocycles. The maximum atomic E-state index is 12.4. The van der Waals surface area contributed by atoms with Gasteiger partial charge < -0.3 is 10.6 Å². The van der Waals surface area contributed by atoms with Crippen LogP contribution < -0.4 is 10.6 Å². The second-order valence-electron chi connectivity index (χ2n) is 6.12. The fourth-order valence-electron chi connectivity index (χ4n) is 2.80. The molecule has 2 aromatic carbocycles. The van der Waals surface area contributed by atoms with Gasteiger partial charge in [-0.05, 0) is 47.9 Å². The number of carbonyl (C=O) groups excluding carboxylic acids is 1. The molecule has 25 heavy (non-hydrogen) atoms. The minimum atomic E-state index is -3.21. The van der Waals surface area contributed by atoms with Crippen molar-refractivity contribution in [2.24, 2.45) is 0 Å². The Bertz CT molecular complexity index is 880. The fraction of sp³-hybridized carbons (Fsp3) is 0.278. The molecule has 0 bridgehead atoms. The number of nitrogens with one attached hydrogen (secondary N) is 2. The number of halogens is 1. The first kappa shape index (κ1) is 19.4. The summed E-state index contributed by atoms with van der Waals surface area (Å²) in [5.74, 6) is -0.135. The molecular weight excluding hydrogens is 360 g/mol. The van der Waals surface area contributed by atoms with E-state index >= 15 is 0 Å². The first-order valence-corrected chi connectivity index (χ1v) is 9.67. The van der Waals surface area contributed by atoms with Crippen molar-refractivity contribution in [3.8, 4) is 0 Å². The summed E-state index contributed by atoms with van der Waals surface area (Å²) in [4.78, 5) is 12.7. The number of sulfone groups is 1. The number of hydrogen-bond acceptors (Lipinski definition) is 4. The van der Waals surface area contributed by atoms with Crippen LogP contribution in [-0.4, -0.2) is 20.6 Å². The van der Waals surface area contributed by atoms with Crippen LogP contribution in [0.4, 0.5) is 0 Å². The molecule has 0 aromatic heterocycles. The zero-order chi connectivity index (χ0) is 17.3. The Morgan fingerprint density at radius 1 is 1.08 bits per heavy atom. The molecule has 1 aliphatic rings. The van der Waals surface area contributed by atoms with Gasteiger partial charge in [-0.2, -0.15) is 0 Å². The van der Waals surface area contributed by atoms with Crippen LogP contribution in [0.25, 0.3) is 0 Å². The van der Waals surface area contributed by atoms with E-state index < -0.39 is 9.84 Å². The van der Waals surface area contributed by atoms with Crippen LogP contribution in [0.1, 0.15) is 40.0 Å². The van der Waals surface area contributed by atoms with Gasteiger partial charge in [-0.25, -0.2) is 8.42 Å². The lowest BCUT2D eigenvalue weighted by Gasteiger charge is -2.15. The van der Waals surface area contributed by atoms with E-state index in [9.17, 15) is 13.2 Å². The Labute approximate surface area is 154 Å². The summed E-state index contributed by atoms with van der Waals surface area (Å²) in [5.41, 5.74) is 3.89. The topological polar surface area (TPSA) is 75.3 Å². The van der Waals surface area contributed by atoms with Gasteiger partial charge in [0.05, 0.1) is 10.9 Å². The van der Waals surface area contributed by atoms with E-state index in [4.69, 9.17) is 0 Å². The molecule has 1 amide bonds. The van der Waals surface area contributed by atoms with Gasteiger partial charge in [0.15, 0.2) is 9.84 Å². The molecule has 134 valence electrons. The Hall–Kier alpha value is -1.89. The normalized spacial score (nSPS) is 14.3. The average molecular weight is 381 g/mol. The van der Waals surface area contributed by atoms with Crippen LogP contribution in [0.15, 0.2) is 47.4 Å². The Kier molecular flexibility index (Phi) is 5.87. The van der Waals surface area contributed by atoms with E-state index in [1.54, 1.807) is 24.3 Å². The molecule has 0 radical (unpaired) electrons. The second kappa shape index (κ2) is 7.56. The van der Waals surface area contributed by atoms with Crippen molar-refractivity contribution in [1.82, 2.24) is 10.6 Å². The van der Waals surface area contributed by atoms with E-state index in [1.165, 1.54) is 11.8 Å². The predicted molar refractivity (Wildman–Crippen MR) is 99.7 cm³/mol. The summed E-state index contributed by atoms with van der Waals surface area (Å²) in [6.45, 7) is 3.52. The molecular formula is C18H21ClN2O3S. The van der Waals surface area contributed by atoms with Crippen molar-refractivity contribution in [1.29, 1.82) is 0 Å². The number of rotatable bonds is 4. The highest BCUT2D eigenvalue weighted by molar-refractivity contribution is 7.90. The van der Waals surface area contributed by atoms with Gasteiger partial charge in [0, 0.05) is 24.9 Å². The molecule has 7 heteroatoms. The Morgan fingerprint density at radius 2 is 1.72 bits per heavy atom. The van der Waals surface area contributed by atoms with Crippen LogP contribution >= 0.6 is 12.4 Å². The lowest BCUT2D eigenvalue weighted by molar-refractivity contribution is 0.0939. The third-order valence-corrected chi connectivity index (χ3v) is 5.38. The molecule has 1 heterocycles. The zero-order valence-electron chi connectivity index (χ0n) is 14.1. The van der Waals surface area contributed by atoms with E-state index in [2.05, 4.69) is 10.6 Å². The molecule has 0 saturated heterocycles. The maximum absolute atomic E-state index is 12.4. The van der Waals surface area contributed by atoms with E-state index in [0.717, 1.165) is 24.2 Å². The van der Waals surface area contributed by atoms with Gasteiger partial charge in [0.2, 0.25) is 0 Å². The number of amides is 1. The predicted octanol–water partition coefficient (Wildman–Crippen LogP) is 2.61. The van der Waals surface area contributed by atoms with E-state index in [0.29, 0.717) is 5.56 Å². The van der Waals surface area contributed by atoms with E-state index in [-0.39, 0.29) is 29.3 Å². The standard InChI is InChI=1S/C18H20N2O3S.ClH/c1-12(13-5-7-17(8-6-13)24(2,22)23)20-18(21)14-3-4-15-10-19-11-16(15)9-14;/h3-9,12,19H,10-11H2,1-2H3,(H,20,21);1H. The van der Waals surface area contributed by atoms with Crippen LogP contribution in [0.3, 0.4) is 0 Å². The summed E-state index contributed by atoms with van der Waals surface area (Å²) in [6.07, 6.45) is 1.18. The third-order valence-electron chi connectivity index (χ3n) is 4.26. The van der Waals surface area contributed by atoms with Gasteiger partial charge in [-0.15, -0.1) is 12.4 Å². The summed E-state index contributed by atoms with van der Waals surface area (Å²) >= 11 is 0. The largest absolute Gasteiger partial charge is 0.346 e. The minimum Gasteiger partial charge on any atom is -0.346 e. The SMILES string of the molecule is CC(NC(=O)c1ccc2c(c1)CNC2)c1ccc(S(C)(=O)=O)cc1.Cl. The van der Waals surface area contributed by atoms with Gasteiger partial charge >= 0.3 is 0 Å². The minimum absolute atomic E-state index is 0. The smallest absolute Gasteiger partial charge is 0.251 e. The molecule has 2 aromatic rings. The lowest BCUT2D eigenvalue weighted by atomic mass is 10.0. The quantitative estimate of drug-likeness (QED) is 0.854. The lowest BCUT2D eigenvalue weighted by Crippen LogP contribution is -2.26. The van der Waals surface area contributed by atoms with Crippen molar-refractivity contribution in [3.05, 3.63) is 64.7 Å². The first-order chi connectivity index (χ1) is 11.3. The highest BCUT2D eigenvalue weighted by Gasteiger charge is 2.16. The highest BCUT2D eigenvalue weighted by atomic mass is 35.5. The van der Waals surface area contributed by atoms with Crippen LogP contribution in [0.5, 0.6) is 0 Å². The van der Waals surface area contributed by atoms with Gasteiger partial charge in [0.25, 0.3) is 5.91 Å². The molecule has 0 aliphatic carbocycles. The third kappa shape index (κ3) is 4.39. The second-order valence-corrected chi connectivity index (χ2v) is 8.14. The fourth-order valence-corrected chi connectivity index (χ4v) is 3.43. The summed E-state index contributed by atoms with van der Waals surface area (Å²) in [6, 6.07) is 12.1. The molecule has 1 atom stereocenters. The summed E-state index contributed by atoms with van der Waals surface area (Å²) < 4.78 is 23.0. The summed E-state index contributed by atoms with van der Waals surface area (Å²) in [7, 11) is -3.21. The van der Waals surface area contributed by atoms with E-state index in [1.807, 2.05) is 25.1 Å².